The molecule has 1 aromatic carbocycles. The number of aliphatic imine (C=N–C) groups is 2. The summed E-state index contributed by atoms with van der Waals surface area (Å²) in [5, 5.41) is 0.482. The molecule has 0 aromatic heterocycles. The van der Waals surface area contributed by atoms with Gasteiger partial charge >= 0.3 is 0 Å². The lowest BCUT2D eigenvalue weighted by atomic mass is 10.2. The van der Waals surface area contributed by atoms with Crippen LogP contribution in [0.3, 0.4) is 0 Å². The van der Waals surface area contributed by atoms with Crippen molar-refractivity contribution in [3.05, 3.63) is 23.2 Å². The van der Waals surface area contributed by atoms with Gasteiger partial charge in [-0.1, -0.05) is 11.6 Å². The standard InChI is InChI=1S/C12H17ClN6O/c13-9-2-1-8(19-3-5-20-6-4-19)7-10(9)17-12(16)18-11(14)15/h1-2,7H,3-6H2,(H6,14,15,16,17,18). The molecule has 1 aromatic rings. The van der Waals surface area contributed by atoms with Gasteiger partial charge in [0.05, 0.1) is 23.9 Å². The van der Waals surface area contributed by atoms with Gasteiger partial charge in [0.2, 0.25) is 5.96 Å². The molecule has 2 rings (SSSR count). The molecule has 1 saturated heterocycles. The number of morpholine rings is 1. The first-order chi connectivity index (χ1) is 9.56. The molecule has 0 amide bonds. The van der Waals surface area contributed by atoms with Gasteiger partial charge in [0, 0.05) is 18.8 Å². The Morgan fingerprint density at radius 3 is 2.55 bits per heavy atom. The minimum atomic E-state index is -0.147. The Hall–Kier alpha value is -1.99. The molecule has 1 aliphatic rings. The number of halogens is 1. The van der Waals surface area contributed by atoms with Crippen LogP contribution in [0.4, 0.5) is 11.4 Å². The molecule has 0 bridgehead atoms. The van der Waals surface area contributed by atoms with Crippen molar-refractivity contribution < 1.29 is 4.74 Å². The maximum absolute atomic E-state index is 6.10. The average Bonchev–Trinajstić information content (AvgIpc) is 2.41. The molecule has 0 saturated carbocycles. The van der Waals surface area contributed by atoms with Gasteiger partial charge in [0.1, 0.15) is 0 Å². The molecule has 108 valence electrons. The van der Waals surface area contributed by atoms with Gasteiger partial charge in [0.25, 0.3) is 0 Å². The third-order valence-corrected chi connectivity index (χ3v) is 3.10. The minimum Gasteiger partial charge on any atom is -0.378 e. The van der Waals surface area contributed by atoms with Crippen molar-refractivity contribution in [3.63, 3.8) is 0 Å². The summed E-state index contributed by atoms with van der Waals surface area (Å²) in [6.45, 7) is 3.07. The predicted octanol–water partition coefficient (Wildman–Crippen LogP) is 0.396. The average molecular weight is 297 g/mol. The highest BCUT2D eigenvalue weighted by Crippen LogP contribution is 2.30. The van der Waals surface area contributed by atoms with Gasteiger partial charge in [-0.25, -0.2) is 4.99 Å². The number of nitrogens with zero attached hydrogens (tertiary/aromatic N) is 3. The quantitative estimate of drug-likeness (QED) is 0.539. The molecule has 20 heavy (non-hydrogen) atoms. The monoisotopic (exact) mass is 296 g/mol. The minimum absolute atomic E-state index is 0.0361. The molecule has 8 heteroatoms. The second-order valence-corrected chi connectivity index (χ2v) is 4.65. The summed E-state index contributed by atoms with van der Waals surface area (Å²) >= 11 is 6.10. The van der Waals surface area contributed by atoms with Crippen LogP contribution >= 0.6 is 11.6 Å². The molecular weight excluding hydrogens is 280 g/mol. The summed E-state index contributed by atoms with van der Waals surface area (Å²) < 4.78 is 5.32. The van der Waals surface area contributed by atoms with Crippen molar-refractivity contribution in [2.24, 2.45) is 27.2 Å². The molecule has 0 aliphatic carbocycles. The Labute approximate surface area is 122 Å². The predicted molar refractivity (Wildman–Crippen MR) is 81.6 cm³/mol. The van der Waals surface area contributed by atoms with Gasteiger partial charge < -0.3 is 26.8 Å². The summed E-state index contributed by atoms with van der Waals surface area (Å²) in [7, 11) is 0. The van der Waals surface area contributed by atoms with Crippen LogP contribution in [0, 0.1) is 0 Å². The van der Waals surface area contributed by atoms with E-state index in [0.29, 0.717) is 23.9 Å². The van der Waals surface area contributed by atoms with Crippen molar-refractivity contribution in [1.82, 2.24) is 0 Å². The van der Waals surface area contributed by atoms with E-state index < -0.39 is 0 Å². The zero-order valence-electron chi connectivity index (χ0n) is 10.9. The first-order valence-corrected chi connectivity index (χ1v) is 6.50. The molecule has 6 N–H and O–H groups in total. The molecule has 0 spiro atoms. The zero-order valence-corrected chi connectivity index (χ0v) is 11.7. The van der Waals surface area contributed by atoms with Crippen LogP contribution in [0.1, 0.15) is 0 Å². The number of benzene rings is 1. The van der Waals surface area contributed by atoms with Crippen LogP contribution in [-0.4, -0.2) is 38.2 Å². The van der Waals surface area contributed by atoms with E-state index in [1.807, 2.05) is 12.1 Å². The van der Waals surface area contributed by atoms with E-state index in [1.54, 1.807) is 6.07 Å². The van der Waals surface area contributed by atoms with Gasteiger partial charge in [-0.15, -0.1) is 0 Å². The van der Waals surface area contributed by atoms with E-state index in [4.69, 9.17) is 33.5 Å². The van der Waals surface area contributed by atoms with E-state index >= 15 is 0 Å². The van der Waals surface area contributed by atoms with Gasteiger partial charge in [-0.05, 0) is 18.2 Å². The van der Waals surface area contributed by atoms with Crippen LogP contribution in [0.25, 0.3) is 0 Å². The first-order valence-electron chi connectivity index (χ1n) is 6.12. The Bertz CT molecular complexity index is 535. The van der Waals surface area contributed by atoms with Crippen molar-refractivity contribution in [3.8, 4) is 0 Å². The van der Waals surface area contributed by atoms with Crippen molar-refractivity contribution in [2.75, 3.05) is 31.2 Å². The molecule has 0 atom stereocenters. The fourth-order valence-electron chi connectivity index (χ4n) is 1.89. The Morgan fingerprint density at radius 2 is 1.90 bits per heavy atom. The summed E-state index contributed by atoms with van der Waals surface area (Å²) in [6.07, 6.45) is 0. The van der Waals surface area contributed by atoms with Crippen molar-refractivity contribution in [2.45, 2.75) is 0 Å². The van der Waals surface area contributed by atoms with Crippen LogP contribution in [-0.2, 0) is 4.74 Å². The fourth-order valence-corrected chi connectivity index (χ4v) is 2.05. The Morgan fingerprint density at radius 1 is 1.20 bits per heavy atom. The zero-order chi connectivity index (χ0) is 14.5. The number of hydrogen-bond donors (Lipinski definition) is 3. The number of rotatable bonds is 2. The maximum atomic E-state index is 6.10. The third kappa shape index (κ3) is 3.75. The molecular formula is C12H17ClN6O. The normalized spacial score (nSPS) is 16.1. The smallest absolute Gasteiger partial charge is 0.223 e. The highest BCUT2D eigenvalue weighted by molar-refractivity contribution is 6.33. The molecule has 1 fully saturated rings. The van der Waals surface area contributed by atoms with E-state index in [-0.39, 0.29) is 11.9 Å². The van der Waals surface area contributed by atoms with Crippen molar-refractivity contribution >= 4 is 34.9 Å². The second kappa shape index (κ2) is 6.44. The Balaban J connectivity index is 2.26. The Kier molecular flexibility index (Phi) is 4.65. The van der Waals surface area contributed by atoms with E-state index in [9.17, 15) is 0 Å². The highest BCUT2D eigenvalue weighted by atomic mass is 35.5. The molecule has 1 aliphatic heterocycles. The van der Waals surface area contributed by atoms with Crippen molar-refractivity contribution in [1.29, 1.82) is 0 Å². The summed E-state index contributed by atoms with van der Waals surface area (Å²) in [5.41, 5.74) is 17.6. The third-order valence-electron chi connectivity index (χ3n) is 2.78. The number of nitrogens with two attached hydrogens (primary N) is 3. The maximum Gasteiger partial charge on any atom is 0.223 e. The SMILES string of the molecule is NC(N)=NC(N)=Nc1cc(N2CCOCC2)ccc1Cl. The summed E-state index contributed by atoms with van der Waals surface area (Å²) in [4.78, 5) is 9.97. The number of guanidine groups is 2. The van der Waals surface area contributed by atoms with E-state index in [2.05, 4.69) is 14.9 Å². The van der Waals surface area contributed by atoms with Crippen LogP contribution < -0.4 is 22.1 Å². The molecule has 0 unspecified atom stereocenters. The lowest BCUT2D eigenvalue weighted by molar-refractivity contribution is 0.122. The van der Waals surface area contributed by atoms with Gasteiger partial charge in [0.15, 0.2) is 5.96 Å². The van der Waals surface area contributed by atoms with Crippen LogP contribution in [0.5, 0.6) is 0 Å². The van der Waals surface area contributed by atoms with Crippen LogP contribution in [0.2, 0.25) is 5.02 Å². The first kappa shape index (κ1) is 14.4. The summed E-state index contributed by atoms with van der Waals surface area (Å²) in [6, 6.07) is 5.56. The lowest BCUT2D eigenvalue weighted by Gasteiger charge is -2.29. The topological polar surface area (TPSA) is 115 Å². The van der Waals surface area contributed by atoms with E-state index in [0.717, 1.165) is 18.8 Å². The summed E-state index contributed by atoms with van der Waals surface area (Å²) in [5.74, 6) is -0.183. The van der Waals surface area contributed by atoms with E-state index in [1.165, 1.54) is 0 Å². The largest absolute Gasteiger partial charge is 0.378 e. The number of ether oxygens (including phenoxy) is 1. The lowest BCUT2D eigenvalue weighted by Crippen LogP contribution is -2.36. The number of hydrogen-bond acceptors (Lipinski definition) is 3. The molecule has 0 radical (unpaired) electrons. The fraction of sp³-hybridized carbons (Fsp3) is 0.333. The second-order valence-electron chi connectivity index (χ2n) is 4.24. The van der Waals surface area contributed by atoms with Gasteiger partial charge in [-0.3, -0.25) is 0 Å². The number of anilines is 1. The van der Waals surface area contributed by atoms with Gasteiger partial charge in [-0.2, -0.15) is 4.99 Å². The molecule has 7 nitrogen and oxygen atoms in total. The highest BCUT2D eigenvalue weighted by Gasteiger charge is 2.12. The van der Waals surface area contributed by atoms with Crippen LogP contribution in [0.15, 0.2) is 28.2 Å². The molecule has 1 heterocycles.